The van der Waals surface area contributed by atoms with Crippen molar-refractivity contribution in [1.82, 2.24) is 10.1 Å². The SMILES string of the molecule is Cc1noc(C23CCC(CN(C(=O)C(C)C)c4cccc(/C=C/C=O)c4)(CC2)CC3)n1. The summed E-state index contributed by atoms with van der Waals surface area (Å²) in [6, 6.07) is 7.88. The van der Waals surface area contributed by atoms with Crippen LogP contribution < -0.4 is 4.90 Å². The molecule has 3 saturated carbocycles. The molecule has 3 aliphatic carbocycles. The van der Waals surface area contributed by atoms with E-state index in [0.29, 0.717) is 5.82 Å². The third-order valence-corrected chi connectivity index (χ3v) is 7.19. The Kier molecular flexibility index (Phi) is 5.82. The van der Waals surface area contributed by atoms with Gasteiger partial charge in [0.05, 0.1) is 0 Å². The summed E-state index contributed by atoms with van der Waals surface area (Å²) in [7, 11) is 0. The molecule has 0 aliphatic heterocycles. The lowest BCUT2D eigenvalue weighted by Gasteiger charge is -2.53. The summed E-state index contributed by atoms with van der Waals surface area (Å²) >= 11 is 0. The number of aldehydes is 1. The summed E-state index contributed by atoms with van der Waals surface area (Å²) in [4.78, 5) is 30.4. The van der Waals surface area contributed by atoms with Gasteiger partial charge in [0.1, 0.15) is 6.29 Å². The van der Waals surface area contributed by atoms with Gasteiger partial charge in [0, 0.05) is 23.6 Å². The lowest BCUT2D eigenvalue weighted by molar-refractivity contribution is -0.122. The number of amides is 1. The van der Waals surface area contributed by atoms with Crippen LogP contribution >= 0.6 is 0 Å². The maximum Gasteiger partial charge on any atom is 0.232 e. The number of hydrogen-bond donors (Lipinski definition) is 0. The summed E-state index contributed by atoms with van der Waals surface area (Å²) in [5.41, 5.74) is 1.95. The zero-order valence-electron chi connectivity index (χ0n) is 18.6. The zero-order valence-corrected chi connectivity index (χ0v) is 18.6. The van der Waals surface area contributed by atoms with Gasteiger partial charge in [-0.25, -0.2) is 0 Å². The Balaban J connectivity index is 1.57. The molecule has 0 atom stereocenters. The molecule has 1 aromatic heterocycles. The molecule has 0 radical (unpaired) electrons. The first-order valence-corrected chi connectivity index (χ1v) is 11.2. The van der Waals surface area contributed by atoms with Gasteiger partial charge < -0.3 is 9.42 Å². The van der Waals surface area contributed by atoms with Crippen LogP contribution in [-0.2, 0) is 15.0 Å². The van der Waals surface area contributed by atoms with Gasteiger partial charge in [0.15, 0.2) is 5.82 Å². The largest absolute Gasteiger partial charge is 0.339 e. The van der Waals surface area contributed by atoms with Gasteiger partial charge in [-0.05, 0) is 74.6 Å². The van der Waals surface area contributed by atoms with Crippen molar-refractivity contribution in [1.29, 1.82) is 0 Å². The molecule has 0 saturated heterocycles. The molecule has 1 aromatic carbocycles. The Morgan fingerprint density at radius 1 is 1.19 bits per heavy atom. The monoisotopic (exact) mass is 421 g/mol. The van der Waals surface area contributed by atoms with Crippen LogP contribution in [0, 0.1) is 18.3 Å². The molecule has 3 aliphatic rings. The molecule has 0 unspecified atom stereocenters. The highest BCUT2D eigenvalue weighted by molar-refractivity contribution is 5.95. The van der Waals surface area contributed by atoms with E-state index in [0.717, 1.165) is 68.5 Å². The summed E-state index contributed by atoms with van der Waals surface area (Å²) in [6.45, 7) is 6.50. The topological polar surface area (TPSA) is 76.3 Å². The molecule has 5 rings (SSSR count). The van der Waals surface area contributed by atoms with Gasteiger partial charge in [-0.15, -0.1) is 0 Å². The van der Waals surface area contributed by atoms with Crippen LogP contribution in [0.1, 0.15) is 69.7 Å². The lowest BCUT2D eigenvalue weighted by atomic mass is 9.53. The zero-order chi connectivity index (χ0) is 22.1. The number of rotatable bonds is 7. The number of hydrogen-bond acceptors (Lipinski definition) is 5. The first-order chi connectivity index (χ1) is 14.9. The van der Waals surface area contributed by atoms with Crippen molar-refractivity contribution in [2.75, 3.05) is 11.4 Å². The van der Waals surface area contributed by atoms with Crippen molar-refractivity contribution < 1.29 is 14.1 Å². The molecule has 164 valence electrons. The molecule has 6 nitrogen and oxygen atoms in total. The summed E-state index contributed by atoms with van der Waals surface area (Å²) in [6.07, 6.45) is 10.3. The Morgan fingerprint density at radius 3 is 2.48 bits per heavy atom. The number of anilines is 1. The fourth-order valence-corrected chi connectivity index (χ4v) is 5.22. The third kappa shape index (κ3) is 4.21. The third-order valence-electron chi connectivity index (χ3n) is 7.19. The second kappa shape index (κ2) is 8.40. The minimum Gasteiger partial charge on any atom is -0.339 e. The van der Waals surface area contributed by atoms with Crippen molar-refractivity contribution in [3.8, 4) is 0 Å². The quantitative estimate of drug-likeness (QED) is 0.471. The van der Waals surface area contributed by atoms with E-state index in [1.165, 1.54) is 6.08 Å². The van der Waals surface area contributed by atoms with E-state index < -0.39 is 0 Å². The van der Waals surface area contributed by atoms with Crippen LogP contribution in [0.4, 0.5) is 5.69 Å². The van der Waals surface area contributed by atoms with Crippen LogP contribution in [0.15, 0.2) is 34.9 Å². The number of nitrogens with zero attached hydrogens (tertiary/aromatic N) is 3. The van der Waals surface area contributed by atoms with Crippen molar-refractivity contribution >= 4 is 24.0 Å². The number of benzene rings is 1. The lowest BCUT2D eigenvalue weighted by Crippen LogP contribution is -2.51. The van der Waals surface area contributed by atoms with Crippen LogP contribution in [0.5, 0.6) is 0 Å². The number of carbonyl (C=O) groups excluding carboxylic acids is 2. The summed E-state index contributed by atoms with van der Waals surface area (Å²) < 4.78 is 5.56. The minimum atomic E-state index is -0.0850. The van der Waals surface area contributed by atoms with Gasteiger partial charge in [-0.3, -0.25) is 9.59 Å². The molecule has 2 bridgehead atoms. The molecular weight excluding hydrogens is 390 g/mol. The smallest absolute Gasteiger partial charge is 0.232 e. The highest BCUT2D eigenvalue weighted by Gasteiger charge is 2.52. The molecule has 1 amide bonds. The maximum absolute atomic E-state index is 13.2. The fourth-order valence-electron chi connectivity index (χ4n) is 5.22. The Hall–Kier alpha value is -2.76. The van der Waals surface area contributed by atoms with E-state index in [-0.39, 0.29) is 22.7 Å². The fraction of sp³-hybridized carbons (Fsp3) is 0.520. The van der Waals surface area contributed by atoms with Crippen molar-refractivity contribution in [2.24, 2.45) is 11.3 Å². The average Bonchev–Trinajstić information content (AvgIpc) is 3.24. The van der Waals surface area contributed by atoms with E-state index in [9.17, 15) is 9.59 Å². The van der Waals surface area contributed by atoms with Crippen LogP contribution in [0.3, 0.4) is 0 Å². The minimum absolute atomic E-state index is 0.00936. The highest BCUT2D eigenvalue weighted by atomic mass is 16.5. The highest BCUT2D eigenvalue weighted by Crippen LogP contribution is 2.57. The average molecular weight is 422 g/mol. The summed E-state index contributed by atoms with van der Waals surface area (Å²) in [5.74, 6) is 1.55. The maximum atomic E-state index is 13.2. The Morgan fingerprint density at radius 2 is 1.90 bits per heavy atom. The van der Waals surface area contributed by atoms with Gasteiger partial charge in [-0.2, -0.15) is 4.98 Å². The van der Waals surface area contributed by atoms with Gasteiger partial charge in [0.2, 0.25) is 11.8 Å². The van der Waals surface area contributed by atoms with E-state index in [4.69, 9.17) is 4.52 Å². The first-order valence-electron chi connectivity index (χ1n) is 11.2. The van der Waals surface area contributed by atoms with E-state index in [1.807, 2.05) is 49.9 Å². The van der Waals surface area contributed by atoms with Crippen LogP contribution in [0.2, 0.25) is 0 Å². The molecule has 0 N–H and O–H groups in total. The van der Waals surface area contributed by atoms with Crippen molar-refractivity contribution in [3.63, 3.8) is 0 Å². The van der Waals surface area contributed by atoms with E-state index in [2.05, 4.69) is 10.1 Å². The summed E-state index contributed by atoms with van der Waals surface area (Å²) in [5, 5.41) is 4.01. The molecule has 31 heavy (non-hydrogen) atoms. The number of fused-ring (bicyclic) bond motifs is 3. The standard InChI is InChI=1S/C25H31N3O3/c1-18(2)22(30)28(21-8-4-6-20(16-21)7-5-15-29)17-24-9-12-25(13-10-24,14-11-24)23-26-19(3)27-31-23/h4-8,15-16,18H,9-14,17H2,1-3H3/b7-5+. The van der Waals surface area contributed by atoms with Crippen molar-refractivity contribution in [3.05, 3.63) is 47.6 Å². The number of aromatic nitrogens is 2. The molecular formula is C25H31N3O3. The van der Waals surface area contributed by atoms with Gasteiger partial charge in [0.25, 0.3) is 0 Å². The number of aryl methyl sites for hydroxylation is 1. The second-order valence-electron chi connectivity index (χ2n) is 9.60. The number of carbonyl (C=O) groups is 2. The Labute approximate surface area is 183 Å². The normalized spacial score (nSPS) is 25.3. The second-order valence-corrected chi connectivity index (χ2v) is 9.60. The molecule has 1 heterocycles. The van der Waals surface area contributed by atoms with E-state index in [1.54, 1.807) is 6.08 Å². The molecule has 3 fully saturated rings. The van der Waals surface area contributed by atoms with E-state index >= 15 is 0 Å². The Bertz CT molecular complexity index is 967. The predicted octanol–water partition coefficient (Wildman–Crippen LogP) is 4.87. The van der Waals surface area contributed by atoms with Crippen molar-refractivity contribution in [2.45, 2.75) is 64.7 Å². The molecule has 6 heteroatoms. The molecule has 0 spiro atoms. The number of allylic oxidation sites excluding steroid dienone is 1. The van der Waals surface area contributed by atoms with Gasteiger partial charge in [-0.1, -0.05) is 37.2 Å². The van der Waals surface area contributed by atoms with Crippen LogP contribution in [-0.4, -0.2) is 28.9 Å². The first kappa shape index (κ1) is 21.5. The van der Waals surface area contributed by atoms with Crippen LogP contribution in [0.25, 0.3) is 6.08 Å². The predicted molar refractivity (Wildman–Crippen MR) is 120 cm³/mol. The van der Waals surface area contributed by atoms with Gasteiger partial charge >= 0.3 is 0 Å². The molecule has 2 aromatic rings.